The Labute approximate surface area is 146 Å². The monoisotopic (exact) mass is 332 g/mol. The molecule has 2 saturated heterocycles. The Balaban J connectivity index is 1.41. The van der Waals surface area contributed by atoms with E-state index in [4.69, 9.17) is 4.74 Å². The third-order valence-electron chi connectivity index (χ3n) is 5.37. The molecule has 2 aliphatic rings. The highest BCUT2D eigenvalue weighted by Crippen LogP contribution is 2.25. The lowest BCUT2D eigenvalue weighted by Crippen LogP contribution is -2.37. The Bertz CT molecular complexity index is 508. The summed E-state index contributed by atoms with van der Waals surface area (Å²) in [6.45, 7) is 11.7. The molecule has 0 unspecified atom stereocenters. The molecule has 0 aromatic carbocycles. The molecule has 0 aliphatic carbocycles. The molecule has 0 amide bonds. The minimum atomic E-state index is 0.885. The van der Waals surface area contributed by atoms with E-state index in [1.54, 1.807) is 0 Å². The van der Waals surface area contributed by atoms with Gasteiger partial charge in [0.15, 0.2) is 0 Å². The van der Waals surface area contributed by atoms with Crippen molar-refractivity contribution in [3.8, 4) is 0 Å². The Morgan fingerprint density at radius 3 is 2.58 bits per heavy atom. The summed E-state index contributed by atoms with van der Waals surface area (Å²) in [5.74, 6) is 2.92. The Morgan fingerprint density at radius 2 is 1.88 bits per heavy atom. The van der Waals surface area contributed by atoms with Crippen molar-refractivity contribution in [3.63, 3.8) is 0 Å². The molecule has 0 spiro atoms. The Kier molecular flexibility index (Phi) is 6.44. The number of nitrogens with zero attached hydrogens (tertiary/aromatic N) is 4. The highest BCUT2D eigenvalue weighted by atomic mass is 16.5. The van der Waals surface area contributed by atoms with E-state index < -0.39 is 0 Å². The summed E-state index contributed by atoms with van der Waals surface area (Å²) in [7, 11) is 0. The van der Waals surface area contributed by atoms with Gasteiger partial charge in [-0.15, -0.1) is 0 Å². The molecule has 134 valence electrons. The van der Waals surface area contributed by atoms with Crippen molar-refractivity contribution in [2.45, 2.75) is 46.0 Å². The molecule has 1 aromatic rings. The quantitative estimate of drug-likeness (QED) is 0.801. The maximum atomic E-state index is 5.42. The lowest BCUT2D eigenvalue weighted by atomic mass is 9.92. The van der Waals surface area contributed by atoms with Gasteiger partial charge < -0.3 is 9.64 Å². The second-order valence-corrected chi connectivity index (χ2v) is 7.14. The Hall–Kier alpha value is -1.20. The van der Waals surface area contributed by atoms with Gasteiger partial charge >= 0.3 is 0 Å². The normalized spacial score (nSPS) is 20.5. The van der Waals surface area contributed by atoms with Gasteiger partial charge in [-0.25, -0.2) is 9.97 Å². The lowest BCUT2D eigenvalue weighted by molar-refractivity contribution is 0.0365. The molecule has 5 heteroatoms. The number of hydrogen-bond donors (Lipinski definition) is 0. The van der Waals surface area contributed by atoms with Crippen molar-refractivity contribution in [1.29, 1.82) is 0 Å². The SMILES string of the molecule is CCc1cc(N2CCC(CCCN3CCOCC3)CC2)nc(C)n1. The molecular weight excluding hydrogens is 300 g/mol. The predicted octanol–water partition coefficient (Wildman–Crippen LogP) is 2.68. The fourth-order valence-corrected chi connectivity index (χ4v) is 3.83. The summed E-state index contributed by atoms with van der Waals surface area (Å²) >= 11 is 0. The first-order chi connectivity index (χ1) is 11.7. The largest absolute Gasteiger partial charge is 0.379 e. The minimum Gasteiger partial charge on any atom is -0.379 e. The van der Waals surface area contributed by atoms with Gasteiger partial charge in [0.1, 0.15) is 11.6 Å². The zero-order valence-corrected chi connectivity index (χ0v) is 15.3. The first-order valence-electron chi connectivity index (χ1n) is 9.64. The zero-order valence-electron chi connectivity index (χ0n) is 15.3. The average molecular weight is 332 g/mol. The highest BCUT2D eigenvalue weighted by molar-refractivity contribution is 5.40. The average Bonchev–Trinajstić information content (AvgIpc) is 2.62. The van der Waals surface area contributed by atoms with Crippen LogP contribution in [0.4, 0.5) is 5.82 Å². The number of anilines is 1. The molecule has 3 heterocycles. The molecule has 5 nitrogen and oxygen atoms in total. The summed E-state index contributed by atoms with van der Waals surface area (Å²) in [5, 5.41) is 0. The van der Waals surface area contributed by atoms with Crippen molar-refractivity contribution < 1.29 is 4.74 Å². The van der Waals surface area contributed by atoms with Crippen LogP contribution >= 0.6 is 0 Å². The summed E-state index contributed by atoms with van der Waals surface area (Å²) in [6, 6.07) is 2.17. The molecule has 0 saturated carbocycles. The van der Waals surface area contributed by atoms with Crippen LogP contribution < -0.4 is 4.90 Å². The number of aromatic nitrogens is 2. The Morgan fingerprint density at radius 1 is 1.12 bits per heavy atom. The maximum Gasteiger partial charge on any atom is 0.132 e. The van der Waals surface area contributed by atoms with Crippen molar-refractivity contribution in [3.05, 3.63) is 17.6 Å². The molecule has 1 aromatic heterocycles. The number of aryl methyl sites for hydroxylation is 2. The van der Waals surface area contributed by atoms with Gasteiger partial charge in [-0.05, 0) is 51.5 Å². The molecule has 24 heavy (non-hydrogen) atoms. The number of rotatable bonds is 6. The number of ether oxygens (including phenoxy) is 1. The van der Waals surface area contributed by atoms with Crippen molar-refractivity contribution in [1.82, 2.24) is 14.9 Å². The first-order valence-corrected chi connectivity index (χ1v) is 9.64. The fraction of sp³-hybridized carbons (Fsp3) is 0.789. The smallest absolute Gasteiger partial charge is 0.132 e. The van der Waals surface area contributed by atoms with Gasteiger partial charge in [0.2, 0.25) is 0 Å². The van der Waals surface area contributed by atoms with Crippen LogP contribution in [-0.4, -0.2) is 60.8 Å². The third kappa shape index (κ3) is 4.90. The van der Waals surface area contributed by atoms with Crippen LogP contribution in [0.2, 0.25) is 0 Å². The summed E-state index contributed by atoms with van der Waals surface area (Å²) in [5.41, 5.74) is 1.16. The van der Waals surface area contributed by atoms with Gasteiger partial charge in [-0.2, -0.15) is 0 Å². The highest BCUT2D eigenvalue weighted by Gasteiger charge is 2.21. The topological polar surface area (TPSA) is 41.5 Å². The molecule has 0 bridgehead atoms. The van der Waals surface area contributed by atoms with E-state index in [-0.39, 0.29) is 0 Å². The van der Waals surface area contributed by atoms with Gasteiger partial charge in [0.05, 0.1) is 13.2 Å². The fourth-order valence-electron chi connectivity index (χ4n) is 3.83. The first kappa shape index (κ1) is 17.6. The standard InChI is InChI=1S/C19H32N4O/c1-3-18-15-19(21-16(2)20-18)23-9-6-17(7-10-23)5-4-8-22-11-13-24-14-12-22/h15,17H,3-14H2,1-2H3. The predicted molar refractivity (Wildman–Crippen MR) is 97.6 cm³/mol. The van der Waals surface area contributed by atoms with Crippen molar-refractivity contribution in [2.75, 3.05) is 50.8 Å². The number of morpholine rings is 1. The van der Waals surface area contributed by atoms with Crippen LogP contribution in [0.5, 0.6) is 0 Å². The van der Waals surface area contributed by atoms with Crippen LogP contribution in [0.25, 0.3) is 0 Å². The van der Waals surface area contributed by atoms with E-state index in [0.29, 0.717) is 0 Å². The van der Waals surface area contributed by atoms with E-state index in [1.807, 2.05) is 6.92 Å². The van der Waals surface area contributed by atoms with Crippen molar-refractivity contribution in [2.24, 2.45) is 5.92 Å². The van der Waals surface area contributed by atoms with Crippen LogP contribution in [0.3, 0.4) is 0 Å². The van der Waals surface area contributed by atoms with Crippen LogP contribution in [0.15, 0.2) is 6.07 Å². The summed E-state index contributed by atoms with van der Waals surface area (Å²) < 4.78 is 5.42. The molecule has 2 aliphatic heterocycles. The van der Waals surface area contributed by atoms with Crippen LogP contribution in [-0.2, 0) is 11.2 Å². The molecule has 3 rings (SSSR count). The van der Waals surface area contributed by atoms with Crippen LogP contribution in [0, 0.1) is 12.8 Å². The van der Waals surface area contributed by atoms with E-state index in [1.165, 1.54) is 32.2 Å². The zero-order chi connectivity index (χ0) is 16.8. The summed E-state index contributed by atoms with van der Waals surface area (Å²) in [6.07, 6.45) is 6.28. The molecule has 0 atom stereocenters. The maximum absolute atomic E-state index is 5.42. The second kappa shape index (κ2) is 8.77. The van der Waals surface area contributed by atoms with Crippen molar-refractivity contribution >= 4 is 5.82 Å². The molecular formula is C19H32N4O. The van der Waals surface area contributed by atoms with Gasteiger partial charge in [-0.3, -0.25) is 4.90 Å². The van der Waals surface area contributed by atoms with Crippen LogP contribution in [0.1, 0.15) is 44.1 Å². The molecule has 2 fully saturated rings. The van der Waals surface area contributed by atoms with E-state index in [9.17, 15) is 0 Å². The second-order valence-electron chi connectivity index (χ2n) is 7.14. The van der Waals surface area contributed by atoms with E-state index in [2.05, 4.69) is 32.8 Å². The van der Waals surface area contributed by atoms with Gasteiger partial charge in [-0.1, -0.05) is 6.92 Å². The molecule has 0 radical (unpaired) electrons. The minimum absolute atomic E-state index is 0.885. The molecule has 0 N–H and O–H groups in total. The van der Waals surface area contributed by atoms with E-state index >= 15 is 0 Å². The third-order valence-corrected chi connectivity index (χ3v) is 5.37. The van der Waals surface area contributed by atoms with E-state index in [0.717, 1.165) is 69.1 Å². The lowest BCUT2D eigenvalue weighted by Gasteiger charge is -2.33. The van der Waals surface area contributed by atoms with Gasteiger partial charge in [0.25, 0.3) is 0 Å². The number of hydrogen-bond acceptors (Lipinski definition) is 5. The summed E-state index contributed by atoms with van der Waals surface area (Å²) in [4.78, 5) is 14.1. The number of piperidine rings is 1. The van der Waals surface area contributed by atoms with Gasteiger partial charge in [0, 0.05) is 37.9 Å².